The first kappa shape index (κ1) is 13.5. The van der Waals surface area contributed by atoms with E-state index in [4.69, 9.17) is 0 Å². The van der Waals surface area contributed by atoms with Crippen LogP contribution in [0.3, 0.4) is 0 Å². The number of carbonyl (C=O) groups is 1. The highest BCUT2D eigenvalue weighted by Gasteiger charge is 2.34. The number of alkyl halides is 1. The molecule has 0 spiro atoms. The lowest BCUT2D eigenvalue weighted by Gasteiger charge is -2.20. The molecule has 2 aromatic carbocycles. The van der Waals surface area contributed by atoms with Gasteiger partial charge < -0.3 is 0 Å². The van der Waals surface area contributed by atoms with Crippen LogP contribution in [-0.4, -0.2) is 11.5 Å². The SMILES string of the molecule is C=C(C)CC(C)(F)C(=O)c1cccc2ccccc12. The van der Waals surface area contributed by atoms with E-state index in [0.717, 1.165) is 10.8 Å². The smallest absolute Gasteiger partial charge is 0.200 e. The third kappa shape index (κ3) is 2.73. The van der Waals surface area contributed by atoms with Gasteiger partial charge in [-0.3, -0.25) is 4.79 Å². The fourth-order valence-corrected chi connectivity index (χ4v) is 2.35. The predicted octanol–water partition coefficient (Wildman–Crippen LogP) is 4.72. The molecule has 0 amide bonds. The maximum atomic E-state index is 14.5. The molecule has 1 unspecified atom stereocenters. The van der Waals surface area contributed by atoms with Gasteiger partial charge in [0.15, 0.2) is 5.67 Å². The fourth-order valence-electron chi connectivity index (χ4n) is 2.35. The molecule has 2 heteroatoms. The Kier molecular flexibility index (Phi) is 3.52. The average Bonchev–Trinajstić information content (AvgIpc) is 2.35. The zero-order valence-electron chi connectivity index (χ0n) is 11.2. The molecule has 2 aromatic rings. The van der Waals surface area contributed by atoms with Gasteiger partial charge in [0.2, 0.25) is 5.78 Å². The molecule has 0 aromatic heterocycles. The maximum Gasteiger partial charge on any atom is 0.200 e. The molecule has 0 saturated heterocycles. The van der Waals surface area contributed by atoms with E-state index in [-0.39, 0.29) is 6.42 Å². The third-order valence-corrected chi connectivity index (χ3v) is 3.14. The van der Waals surface area contributed by atoms with Crippen LogP contribution in [0.5, 0.6) is 0 Å². The van der Waals surface area contributed by atoms with Gasteiger partial charge in [-0.1, -0.05) is 48.0 Å². The molecule has 19 heavy (non-hydrogen) atoms. The molecule has 2 rings (SSSR count). The van der Waals surface area contributed by atoms with Gasteiger partial charge in [0.05, 0.1) is 0 Å². The molecule has 0 radical (unpaired) electrons. The van der Waals surface area contributed by atoms with Gasteiger partial charge in [-0.2, -0.15) is 0 Å². The summed E-state index contributed by atoms with van der Waals surface area (Å²) in [4.78, 5) is 12.4. The molecule has 0 aliphatic heterocycles. The van der Waals surface area contributed by atoms with Gasteiger partial charge in [-0.25, -0.2) is 4.39 Å². The summed E-state index contributed by atoms with van der Waals surface area (Å²) in [6.07, 6.45) is 0.0506. The monoisotopic (exact) mass is 256 g/mol. The summed E-state index contributed by atoms with van der Waals surface area (Å²) in [5.41, 5.74) is -0.807. The lowest BCUT2D eigenvalue weighted by Crippen LogP contribution is -2.30. The second kappa shape index (κ2) is 4.96. The summed E-state index contributed by atoms with van der Waals surface area (Å²) in [6, 6.07) is 12.9. The number of rotatable bonds is 4. The van der Waals surface area contributed by atoms with Gasteiger partial charge in [0.1, 0.15) is 0 Å². The highest BCUT2D eigenvalue weighted by Crippen LogP contribution is 2.28. The summed E-state index contributed by atoms with van der Waals surface area (Å²) >= 11 is 0. The van der Waals surface area contributed by atoms with Crippen LogP contribution in [0.1, 0.15) is 30.6 Å². The van der Waals surface area contributed by atoms with Crippen LogP contribution in [-0.2, 0) is 0 Å². The van der Waals surface area contributed by atoms with Crippen molar-refractivity contribution in [3.05, 3.63) is 60.2 Å². The Labute approximate surface area is 112 Å². The van der Waals surface area contributed by atoms with E-state index in [1.54, 1.807) is 19.1 Å². The van der Waals surface area contributed by atoms with E-state index in [9.17, 15) is 9.18 Å². The summed E-state index contributed by atoms with van der Waals surface area (Å²) in [5.74, 6) is -0.479. The Bertz CT molecular complexity index is 635. The summed E-state index contributed by atoms with van der Waals surface area (Å²) < 4.78 is 14.5. The van der Waals surface area contributed by atoms with Crippen LogP contribution in [0, 0.1) is 0 Å². The first-order valence-electron chi connectivity index (χ1n) is 6.28. The zero-order valence-corrected chi connectivity index (χ0v) is 11.2. The third-order valence-electron chi connectivity index (χ3n) is 3.14. The molecule has 0 N–H and O–H groups in total. The highest BCUT2D eigenvalue weighted by atomic mass is 19.1. The van der Waals surface area contributed by atoms with Crippen LogP contribution in [0.25, 0.3) is 10.8 Å². The van der Waals surface area contributed by atoms with Gasteiger partial charge >= 0.3 is 0 Å². The molecule has 98 valence electrons. The second-order valence-electron chi connectivity index (χ2n) is 5.19. The average molecular weight is 256 g/mol. The molecule has 0 fully saturated rings. The Balaban J connectivity index is 2.50. The molecule has 1 atom stereocenters. The van der Waals surface area contributed by atoms with E-state index >= 15 is 0 Å². The number of carbonyl (C=O) groups excluding carboxylic acids is 1. The van der Waals surface area contributed by atoms with Gasteiger partial charge in [-0.15, -0.1) is 6.58 Å². The van der Waals surface area contributed by atoms with Crippen molar-refractivity contribution in [3.8, 4) is 0 Å². The van der Waals surface area contributed by atoms with Crippen LogP contribution in [0.4, 0.5) is 4.39 Å². The number of ketones is 1. The topological polar surface area (TPSA) is 17.1 Å². The van der Waals surface area contributed by atoms with Crippen molar-refractivity contribution in [2.45, 2.75) is 25.9 Å². The highest BCUT2D eigenvalue weighted by molar-refractivity contribution is 6.11. The molecular formula is C17H17FO. The van der Waals surface area contributed by atoms with Crippen molar-refractivity contribution >= 4 is 16.6 Å². The molecule has 1 nitrogen and oxygen atoms in total. The number of hydrogen-bond acceptors (Lipinski definition) is 1. The number of halogens is 1. The van der Waals surface area contributed by atoms with E-state index in [0.29, 0.717) is 11.1 Å². The Hall–Kier alpha value is -1.96. The molecule has 0 heterocycles. The van der Waals surface area contributed by atoms with Crippen molar-refractivity contribution in [2.75, 3.05) is 0 Å². The van der Waals surface area contributed by atoms with Crippen molar-refractivity contribution in [2.24, 2.45) is 0 Å². The number of hydrogen-bond donors (Lipinski definition) is 0. The lowest BCUT2D eigenvalue weighted by atomic mass is 9.88. The summed E-state index contributed by atoms with van der Waals surface area (Å²) in [7, 11) is 0. The normalized spacial score (nSPS) is 14.1. The standard InChI is InChI=1S/C17H17FO/c1-12(2)11-17(3,18)16(19)15-10-6-8-13-7-4-5-9-14(13)15/h4-10H,1,11H2,2-3H3. The number of fused-ring (bicyclic) bond motifs is 1. The van der Waals surface area contributed by atoms with Crippen molar-refractivity contribution in [1.29, 1.82) is 0 Å². The van der Waals surface area contributed by atoms with Crippen LogP contribution >= 0.6 is 0 Å². The van der Waals surface area contributed by atoms with E-state index in [1.807, 2.05) is 30.3 Å². The van der Waals surface area contributed by atoms with Crippen LogP contribution < -0.4 is 0 Å². The van der Waals surface area contributed by atoms with Crippen molar-refractivity contribution in [1.82, 2.24) is 0 Å². The van der Waals surface area contributed by atoms with Crippen LogP contribution in [0.2, 0.25) is 0 Å². The fraction of sp³-hybridized carbons (Fsp3) is 0.235. The van der Waals surface area contributed by atoms with E-state index in [2.05, 4.69) is 6.58 Å². The molecule has 0 aliphatic rings. The minimum Gasteiger partial charge on any atom is -0.291 e. The van der Waals surface area contributed by atoms with Gasteiger partial charge in [0, 0.05) is 12.0 Å². The number of Topliss-reactive ketones (excluding diaryl/α,β-unsaturated/α-hetero) is 1. The maximum absolute atomic E-state index is 14.5. The first-order chi connectivity index (χ1) is 8.92. The molecular weight excluding hydrogens is 239 g/mol. The molecule has 0 aliphatic carbocycles. The Morgan fingerprint density at radius 3 is 2.53 bits per heavy atom. The first-order valence-corrected chi connectivity index (χ1v) is 6.28. The minimum absolute atomic E-state index is 0.0506. The van der Waals surface area contributed by atoms with E-state index in [1.165, 1.54) is 6.92 Å². The zero-order chi connectivity index (χ0) is 14.0. The summed E-state index contributed by atoms with van der Waals surface area (Å²) in [6.45, 7) is 6.74. The van der Waals surface area contributed by atoms with Crippen LogP contribution in [0.15, 0.2) is 54.6 Å². The second-order valence-corrected chi connectivity index (χ2v) is 5.19. The lowest BCUT2D eigenvalue weighted by molar-refractivity contribution is 0.0726. The van der Waals surface area contributed by atoms with Gasteiger partial charge in [0.25, 0.3) is 0 Å². The van der Waals surface area contributed by atoms with E-state index < -0.39 is 11.5 Å². The van der Waals surface area contributed by atoms with Gasteiger partial charge in [-0.05, 0) is 24.6 Å². The summed E-state index contributed by atoms with van der Waals surface area (Å²) in [5, 5.41) is 1.74. The molecule has 0 saturated carbocycles. The quantitative estimate of drug-likeness (QED) is 0.571. The number of benzene rings is 2. The van der Waals surface area contributed by atoms with Crippen molar-refractivity contribution < 1.29 is 9.18 Å². The Morgan fingerprint density at radius 1 is 1.21 bits per heavy atom. The largest absolute Gasteiger partial charge is 0.291 e. The number of allylic oxidation sites excluding steroid dienone is 1. The minimum atomic E-state index is -1.91. The Morgan fingerprint density at radius 2 is 1.84 bits per heavy atom. The van der Waals surface area contributed by atoms with Crippen molar-refractivity contribution in [3.63, 3.8) is 0 Å². The predicted molar refractivity (Wildman–Crippen MR) is 77.2 cm³/mol. The molecule has 0 bridgehead atoms.